The summed E-state index contributed by atoms with van der Waals surface area (Å²) in [4.78, 5) is 14.6. The number of aromatic amines is 1. The Morgan fingerprint density at radius 1 is 1.29 bits per heavy atom. The molecule has 0 spiro atoms. The van der Waals surface area contributed by atoms with Gasteiger partial charge in [0.15, 0.2) is 6.79 Å². The first kappa shape index (κ1) is 14.6. The Morgan fingerprint density at radius 2 is 2.10 bits per heavy atom. The summed E-state index contributed by atoms with van der Waals surface area (Å²) in [7, 11) is 2.80. The van der Waals surface area contributed by atoms with E-state index in [0.717, 1.165) is 11.1 Å². The highest BCUT2D eigenvalue weighted by Gasteiger charge is 2.15. The fourth-order valence-electron chi connectivity index (χ4n) is 1.85. The molecule has 1 heterocycles. The number of carbonyl (C=O) groups is 1. The molecule has 0 aliphatic carbocycles. The molecule has 21 heavy (non-hydrogen) atoms. The molecule has 108 valence electrons. The van der Waals surface area contributed by atoms with Gasteiger partial charge in [-0.05, 0) is 23.8 Å². The van der Waals surface area contributed by atoms with Gasteiger partial charge in [0.2, 0.25) is 0 Å². The van der Waals surface area contributed by atoms with Gasteiger partial charge in [-0.3, -0.25) is 0 Å². The largest absolute Gasteiger partial charge is 0.467 e. The van der Waals surface area contributed by atoms with E-state index in [0.29, 0.717) is 17.0 Å². The lowest BCUT2D eigenvalue weighted by atomic mass is 10.1. The lowest BCUT2D eigenvalue weighted by Crippen LogP contribution is -2.07. The molecule has 2 rings (SSSR count). The number of carbonyl (C=O) groups excluding carboxylic acids is 1. The van der Waals surface area contributed by atoms with Crippen LogP contribution in [0.15, 0.2) is 30.5 Å². The number of methoxy groups -OCH3 is 2. The van der Waals surface area contributed by atoms with Crippen molar-refractivity contribution in [1.82, 2.24) is 4.98 Å². The molecule has 0 saturated carbocycles. The van der Waals surface area contributed by atoms with Crippen molar-refractivity contribution in [2.75, 3.05) is 21.0 Å². The fourth-order valence-corrected chi connectivity index (χ4v) is 1.85. The van der Waals surface area contributed by atoms with E-state index in [9.17, 15) is 4.79 Å². The number of H-pyrrole nitrogens is 1. The Balaban J connectivity index is 2.40. The van der Waals surface area contributed by atoms with Gasteiger partial charge in [-0.15, -0.1) is 0 Å². The lowest BCUT2D eigenvalue weighted by Gasteiger charge is -2.11. The van der Waals surface area contributed by atoms with E-state index < -0.39 is 5.97 Å². The molecule has 0 atom stereocenters. The number of hydrogen-bond acceptors (Lipinski definition) is 5. The van der Waals surface area contributed by atoms with Crippen LogP contribution in [0.2, 0.25) is 0 Å². The smallest absolute Gasteiger partial charge is 0.341 e. The molecule has 1 aromatic heterocycles. The van der Waals surface area contributed by atoms with Gasteiger partial charge in [0, 0.05) is 18.9 Å². The second-order valence-electron chi connectivity index (χ2n) is 4.17. The molecular weight excluding hydrogens is 272 g/mol. The van der Waals surface area contributed by atoms with Gasteiger partial charge in [0.25, 0.3) is 0 Å². The predicted octanol–water partition coefficient (Wildman–Crippen LogP) is 2.32. The number of aromatic nitrogens is 1. The van der Waals surface area contributed by atoms with Crippen molar-refractivity contribution < 1.29 is 19.0 Å². The van der Waals surface area contributed by atoms with E-state index >= 15 is 0 Å². The molecular formula is C15H14N2O4. The van der Waals surface area contributed by atoms with Crippen LogP contribution in [0.3, 0.4) is 0 Å². The minimum Gasteiger partial charge on any atom is -0.467 e. The number of ether oxygens (including phenoxy) is 3. The Bertz CT molecular complexity index is 685. The zero-order chi connectivity index (χ0) is 15.2. The fraction of sp³-hybridized carbons (Fsp3) is 0.200. The molecule has 0 radical (unpaired) electrons. The molecule has 1 aromatic carbocycles. The zero-order valence-corrected chi connectivity index (χ0v) is 11.7. The van der Waals surface area contributed by atoms with Crippen molar-refractivity contribution in [3.8, 4) is 22.9 Å². The molecule has 0 aliphatic heterocycles. The summed E-state index contributed by atoms with van der Waals surface area (Å²) < 4.78 is 15.0. The van der Waals surface area contributed by atoms with Crippen molar-refractivity contribution in [1.29, 1.82) is 5.26 Å². The standard InChI is InChI=1S/C15H14N2O4/c1-19-9-21-14-6-10(3-4-13(14)15(18)20-2)11-5-12(7-16)17-8-11/h3-6,8,17H,9H2,1-2H3. The molecule has 0 amide bonds. The van der Waals surface area contributed by atoms with E-state index in [4.69, 9.17) is 19.5 Å². The van der Waals surface area contributed by atoms with Crippen LogP contribution < -0.4 is 4.74 Å². The van der Waals surface area contributed by atoms with Gasteiger partial charge in [-0.2, -0.15) is 5.26 Å². The minimum absolute atomic E-state index is 0.0179. The molecule has 6 nitrogen and oxygen atoms in total. The Morgan fingerprint density at radius 3 is 2.71 bits per heavy atom. The molecule has 6 heteroatoms. The highest BCUT2D eigenvalue weighted by Crippen LogP contribution is 2.28. The number of hydrogen-bond donors (Lipinski definition) is 1. The summed E-state index contributed by atoms with van der Waals surface area (Å²) in [6.45, 7) is 0.0179. The number of nitriles is 1. The van der Waals surface area contributed by atoms with Gasteiger partial charge < -0.3 is 19.2 Å². The number of benzene rings is 1. The molecule has 1 N–H and O–H groups in total. The third-order valence-corrected chi connectivity index (χ3v) is 2.86. The van der Waals surface area contributed by atoms with E-state index in [-0.39, 0.29) is 6.79 Å². The summed E-state index contributed by atoms with van der Waals surface area (Å²) in [6.07, 6.45) is 1.71. The van der Waals surface area contributed by atoms with Gasteiger partial charge in [-0.1, -0.05) is 6.07 Å². The van der Waals surface area contributed by atoms with Crippen LogP contribution in [0.4, 0.5) is 0 Å². The van der Waals surface area contributed by atoms with Crippen molar-refractivity contribution in [3.05, 3.63) is 41.7 Å². The van der Waals surface area contributed by atoms with Crippen LogP contribution in [0.5, 0.6) is 5.75 Å². The van der Waals surface area contributed by atoms with E-state index in [1.165, 1.54) is 14.2 Å². The Kier molecular flexibility index (Phi) is 4.59. The molecule has 2 aromatic rings. The maximum atomic E-state index is 11.7. The summed E-state index contributed by atoms with van der Waals surface area (Å²) in [5.41, 5.74) is 2.41. The van der Waals surface area contributed by atoms with Crippen LogP contribution in [-0.4, -0.2) is 32.0 Å². The first-order chi connectivity index (χ1) is 10.2. The normalized spacial score (nSPS) is 9.95. The van der Waals surface area contributed by atoms with Crippen molar-refractivity contribution in [2.45, 2.75) is 0 Å². The van der Waals surface area contributed by atoms with Gasteiger partial charge >= 0.3 is 5.97 Å². The number of rotatable bonds is 5. The van der Waals surface area contributed by atoms with Crippen molar-refractivity contribution >= 4 is 5.97 Å². The average molecular weight is 286 g/mol. The summed E-state index contributed by atoms with van der Waals surface area (Å²) in [5.74, 6) is -0.125. The van der Waals surface area contributed by atoms with E-state index in [1.54, 1.807) is 30.5 Å². The monoisotopic (exact) mass is 286 g/mol. The zero-order valence-electron chi connectivity index (χ0n) is 11.7. The van der Waals surface area contributed by atoms with Crippen molar-refractivity contribution in [3.63, 3.8) is 0 Å². The van der Waals surface area contributed by atoms with Crippen LogP contribution in [0.1, 0.15) is 16.1 Å². The quantitative estimate of drug-likeness (QED) is 0.673. The molecule has 0 bridgehead atoms. The van der Waals surface area contributed by atoms with Crippen LogP contribution in [0, 0.1) is 11.3 Å². The number of esters is 1. The summed E-state index contributed by atoms with van der Waals surface area (Å²) >= 11 is 0. The lowest BCUT2D eigenvalue weighted by molar-refractivity contribution is 0.0465. The van der Waals surface area contributed by atoms with Gasteiger partial charge in [-0.25, -0.2) is 4.79 Å². The van der Waals surface area contributed by atoms with Crippen LogP contribution in [-0.2, 0) is 9.47 Å². The van der Waals surface area contributed by atoms with E-state index in [2.05, 4.69) is 4.98 Å². The number of nitrogens with zero attached hydrogens (tertiary/aromatic N) is 1. The van der Waals surface area contributed by atoms with E-state index in [1.807, 2.05) is 6.07 Å². The molecule has 0 saturated heterocycles. The highest BCUT2D eigenvalue weighted by molar-refractivity contribution is 5.93. The molecule has 0 fully saturated rings. The third-order valence-electron chi connectivity index (χ3n) is 2.86. The molecule has 0 aliphatic rings. The summed E-state index contributed by atoms with van der Waals surface area (Å²) in [6, 6.07) is 8.82. The first-order valence-electron chi connectivity index (χ1n) is 6.12. The second kappa shape index (κ2) is 6.59. The maximum absolute atomic E-state index is 11.7. The maximum Gasteiger partial charge on any atom is 0.341 e. The Labute approximate surface area is 121 Å². The van der Waals surface area contributed by atoms with Gasteiger partial charge in [0.1, 0.15) is 23.1 Å². The topological polar surface area (TPSA) is 84.3 Å². The third kappa shape index (κ3) is 3.22. The number of nitrogens with one attached hydrogen (secondary N) is 1. The van der Waals surface area contributed by atoms with Crippen molar-refractivity contribution in [2.24, 2.45) is 0 Å². The predicted molar refractivity (Wildman–Crippen MR) is 74.8 cm³/mol. The second-order valence-corrected chi connectivity index (χ2v) is 4.17. The SMILES string of the molecule is COCOc1cc(-c2c[nH]c(C#N)c2)ccc1C(=O)OC. The van der Waals surface area contributed by atoms with Crippen LogP contribution in [0.25, 0.3) is 11.1 Å². The first-order valence-corrected chi connectivity index (χ1v) is 6.12. The van der Waals surface area contributed by atoms with Crippen LogP contribution >= 0.6 is 0 Å². The average Bonchev–Trinajstić information content (AvgIpc) is 3.01. The van der Waals surface area contributed by atoms with Gasteiger partial charge in [0.05, 0.1) is 7.11 Å². The highest BCUT2D eigenvalue weighted by atomic mass is 16.7. The summed E-state index contributed by atoms with van der Waals surface area (Å²) in [5, 5.41) is 8.83. The Hall–Kier alpha value is -2.78. The minimum atomic E-state index is -0.487. The molecule has 0 unspecified atom stereocenters.